The van der Waals surface area contributed by atoms with Gasteiger partial charge in [0.1, 0.15) is 12.1 Å². The first kappa shape index (κ1) is 31.0. The monoisotopic (exact) mass is 644 g/mol. The number of non-ortho nitro benzene ring substituents is 1. The maximum absolute atomic E-state index is 14.1. The summed E-state index contributed by atoms with van der Waals surface area (Å²) in [5.41, 5.74) is 5.96. The van der Waals surface area contributed by atoms with Gasteiger partial charge < -0.3 is 20.1 Å². The number of hydrogen-bond acceptors (Lipinski definition) is 9. The molecule has 1 unspecified atom stereocenters. The molecule has 0 saturated heterocycles. The second-order valence-corrected chi connectivity index (χ2v) is 13.3. The van der Waals surface area contributed by atoms with Gasteiger partial charge in [-0.2, -0.15) is 0 Å². The van der Waals surface area contributed by atoms with Gasteiger partial charge >= 0.3 is 0 Å². The van der Waals surface area contributed by atoms with Crippen molar-refractivity contribution < 1.29 is 19.2 Å². The Kier molecular flexibility index (Phi) is 8.12. The van der Waals surface area contributed by atoms with Gasteiger partial charge in [-0.1, -0.05) is 45.0 Å². The highest BCUT2D eigenvalue weighted by Crippen LogP contribution is 2.45. The predicted molar refractivity (Wildman–Crippen MR) is 185 cm³/mol. The molecule has 0 fully saturated rings. The first-order chi connectivity index (χ1) is 23.2. The van der Waals surface area contributed by atoms with Gasteiger partial charge in [0.15, 0.2) is 11.5 Å². The number of carbonyl (C=O) groups excluding carboxylic acids is 1. The first-order valence-corrected chi connectivity index (χ1v) is 16.1. The Hall–Kier alpha value is -5.58. The van der Waals surface area contributed by atoms with Gasteiger partial charge in [0.2, 0.25) is 6.79 Å². The molecular weight excluding hydrogens is 608 g/mol. The van der Waals surface area contributed by atoms with Crippen LogP contribution in [0.25, 0.3) is 33.5 Å². The Balaban J connectivity index is 1.15. The summed E-state index contributed by atoms with van der Waals surface area (Å²) in [5.74, 6) is 2.14. The molecular formula is C37H36N6O5. The zero-order valence-corrected chi connectivity index (χ0v) is 27.1. The molecule has 0 saturated carbocycles. The Morgan fingerprint density at radius 2 is 1.81 bits per heavy atom. The highest BCUT2D eigenvalue weighted by molar-refractivity contribution is 6.09. The number of nitro groups is 1. The standard InChI is InChI=1S/C37H36N6O5/c1-37(2,3)24-17-23(15-22-9-12-31-32(16-22)48-21-47-31)34-28(18-24)33(26-7-4-5-8-30(26)42-34)36(44)39-14-6-13-38-35-27-19-25(43(45)46)10-11-29(27)40-20-41-35/h4-5,7-12,15-16,19-20,24H,6,13-14,17-18,21H2,1-3H3,(H,39,44)(H,38,40,41)/b23-15-. The van der Waals surface area contributed by atoms with Crippen LogP contribution in [0.5, 0.6) is 11.5 Å². The third-order valence-corrected chi connectivity index (χ3v) is 9.16. The minimum atomic E-state index is -0.437. The van der Waals surface area contributed by atoms with Crippen LogP contribution in [0.2, 0.25) is 0 Å². The van der Waals surface area contributed by atoms with Gasteiger partial charge in [0.25, 0.3) is 11.6 Å². The van der Waals surface area contributed by atoms with E-state index in [9.17, 15) is 14.9 Å². The summed E-state index contributed by atoms with van der Waals surface area (Å²) < 4.78 is 11.2. The van der Waals surface area contributed by atoms with Crippen LogP contribution in [-0.2, 0) is 6.42 Å². The van der Waals surface area contributed by atoms with E-state index in [1.165, 1.54) is 18.5 Å². The van der Waals surface area contributed by atoms with Crippen LogP contribution in [0, 0.1) is 21.4 Å². The van der Waals surface area contributed by atoms with E-state index < -0.39 is 4.92 Å². The zero-order valence-electron chi connectivity index (χ0n) is 27.1. The van der Waals surface area contributed by atoms with Crippen LogP contribution in [0.3, 0.4) is 0 Å². The maximum Gasteiger partial charge on any atom is 0.270 e. The van der Waals surface area contributed by atoms with Crippen molar-refractivity contribution in [2.75, 3.05) is 25.2 Å². The fourth-order valence-electron chi connectivity index (χ4n) is 6.48. The van der Waals surface area contributed by atoms with E-state index in [0.717, 1.165) is 57.6 Å². The average molecular weight is 645 g/mol. The molecule has 1 atom stereocenters. The fourth-order valence-corrected chi connectivity index (χ4v) is 6.48. The van der Waals surface area contributed by atoms with E-state index in [1.54, 1.807) is 6.07 Å². The molecule has 3 aromatic carbocycles. The molecule has 1 aliphatic heterocycles. The van der Waals surface area contributed by atoms with Crippen LogP contribution in [0.15, 0.2) is 67.0 Å². The summed E-state index contributed by atoms with van der Waals surface area (Å²) in [7, 11) is 0. The number of nitrogens with one attached hydrogen (secondary N) is 2. The number of carbonyl (C=O) groups is 1. The number of anilines is 1. The second-order valence-electron chi connectivity index (χ2n) is 13.3. The largest absolute Gasteiger partial charge is 0.454 e. The van der Waals surface area contributed by atoms with Gasteiger partial charge in [-0.25, -0.2) is 15.0 Å². The van der Waals surface area contributed by atoms with Crippen LogP contribution in [0.4, 0.5) is 11.5 Å². The van der Waals surface area contributed by atoms with E-state index in [1.807, 2.05) is 42.5 Å². The Bertz CT molecular complexity index is 2100. The first-order valence-electron chi connectivity index (χ1n) is 16.1. The highest BCUT2D eigenvalue weighted by atomic mass is 16.7. The number of hydrogen-bond donors (Lipinski definition) is 2. The molecule has 2 N–H and O–H groups in total. The molecule has 0 bridgehead atoms. The fraction of sp³-hybridized carbons (Fsp3) is 0.297. The number of allylic oxidation sites excluding steroid dienone is 1. The molecule has 48 heavy (non-hydrogen) atoms. The smallest absolute Gasteiger partial charge is 0.270 e. The Labute approximate surface area is 277 Å². The molecule has 0 spiro atoms. The van der Waals surface area contributed by atoms with Crippen molar-refractivity contribution in [3.63, 3.8) is 0 Å². The third kappa shape index (κ3) is 6.11. The lowest BCUT2D eigenvalue weighted by Gasteiger charge is -2.37. The minimum Gasteiger partial charge on any atom is -0.454 e. The molecule has 11 heteroatoms. The molecule has 3 heterocycles. The van der Waals surface area contributed by atoms with Crippen molar-refractivity contribution in [2.24, 2.45) is 11.3 Å². The summed E-state index contributed by atoms with van der Waals surface area (Å²) >= 11 is 0. The Morgan fingerprint density at radius 1 is 0.979 bits per heavy atom. The molecule has 1 aliphatic carbocycles. The molecule has 1 amide bonds. The molecule has 244 valence electrons. The van der Waals surface area contributed by atoms with Gasteiger partial charge in [0, 0.05) is 36.0 Å². The summed E-state index contributed by atoms with van der Waals surface area (Å²) in [6.45, 7) is 7.89. The summed E-state index contributed by atoms with van der Waals surface area (Å²) in [5, 5.41) is 19.1. The molecule has 0 radical (unpaired) electrons. The number of benzene rings is 3. The van der Waals surface area contributed by atoms with Crippen molar-refractivity contribution in [2.45, 2.75) is 40.0 Å². The third-order valence-electron chi connectivity index (χ3n) is 9.16. The normalized spacial score (nSPS) is 16.2. The number of para-hydroxylation sites is 1. The van der Waals surface area contributed by atoms with Gasteiger partial charge in [-0.15, -0.1) is 0 Å². The topological polar surface area (TPSA) is 141 Å². The lowest BCUT2D eigenvalue weighted by molar-refractivity contribution is -0.384. The number of rotatable bonds is 8. The number of amides is 1. The molecule has 2 aromatic heterocycles. The van der Waals surface area contributed by atoms with Crippen LogP contribution < -0.4 is 20.1 Å². The van der Waals surface area contributed by atoms with Crippen LogP contribution >= 0.6 is 0 Å². The molecule has 2 aliphatic rings. The highest BCUT2D eigenvalue weighted by Gasteiger charge is 2.35. The van der Waals surface area contributed by atoms with Crippen molar-refractivity contribution in [3.05, 3.63) is 99.5 Å². The maximum atomic E-state index is 14.1. The summed E-state index contributed by atoms with van der Waals surface area (Å²) in [6, 6.07) is 18.3. The van der Waals surface area contributed by atoms with E-state index in [-0.39, 0.29) is 23.8 Å². The molecule has 11 nitrogen and oxygen atoms in total. The number of nitrogens with zero attached hydrogens (tertiary/aromatic N) is 4. The lowest BCUT2D eigenvalue weighted by Crippen LogP contribution is -2.32. The van der Waals surface area contributed by atoms with Gasteiger partial charge in [-0.05, 0) is 77.6 Å². The van der Waals surface area contributed by atoms with Crippen LogP contribution in [-0.4, -0.2) is 45.7 Å². The number of aromatic nitrogens is 3. The summed E-state index contributed by atoms with van der Waals surface area (Å²) in [6.07, 6.45) is 5.78. The van der Waals surface area contributed by atoms with E-state index >= 15 is 0 Å². The van der Waals surface area contributed by atoms with Gasteiger partial charge in [0.05, 0.1) is 27.2 Å². The second kappa shape index (κ2) is 12.6. The lowest BCUT2D eigenvalue weighted by atomic mass is 9.69. The van der Waals surface area contributed by atoms with E-state index in [4.69, 9.17) is 14.5 Å². The SMILES string of the molecule is CC(C)(C)C1C/C(=C/c2ccc3c(c2)OCO3)c2nc3ccccc3c(C(=O)NCCCNc3ncnc4ccc([N+](=O)[O-])cc34)c2C1. The van der Waals surface area contributed by atoms with E-state index in [2.05, 4.69) is 47.4 Å². The predicted octanol–water partition coefficient (Wildman–Crippen LogP) is 7.20. The van der Waals surface area contributed by atoms with Crippen molar-refractivity contribution in [1.82, 2.24) is 20.3 Å². The zero-order chi connectivity index (χ0) is 33.4. The quantitative estimate of drug-likeness (QED) is 0.102. The Morgan fingerprint density at radius 3 is 2.65 bits per heavy atom. The minimum absolute atomic E-state index is 0.00230. The number of nitro benzene ring substituents is 1. The van der Waals surface area contributed by atoms with Crippen LogP contribution in [0.1, 0.15) is 60.8 Å². The number of pyridine rings is 1. The number of ether oxygens (including phenoxy) is 2. The van der Waals surface area contributed by atoms with Crippen molar-refractivity contribution in [3.8, 4) is 11.5 Å². The van der Waals surface area contributed by atoms with E-state index in [0.29, 0.717) is 47.7 Å². The van der Waals surface area contributed by atoms with Gasteiger partial charge in [-0.3, -0.25) is 14.9 Å². The van der Waals surface area contributed by atoms with Crippen molar-refractivity contribution in [1.29, 1.82) is 0 Å². The van der Waals surface area contributed by atoms with Crippen molar-refractivity contribution >= 4 is 50.9 Å². The molecule has 5 aromatic rings. The molecule has 7 rings (SSSR count). The summed E-state index contributed by atoms with van der Waals surface area (Å²) in [4.78, 5) is 38.6. The number of fused-ring (bicyclic) bond motifs is 4. The average Bonchev–Trinajstić information content (AvgIpc) is 3.54.